The Hall–Kier alpha value is -3.94. The van der Waals surface area contributed by atoms with E-state index in [1.807, 2.05) is 0 Å². The number of aryl methyl sites for hydroxylation is 2. The van der Waals surface area contributed by atoms with E-state index in [9.17, 15) is 14.4 Å². The molecule has 0 saturated carbocycles. The van der Waals surface area contributed by atoms with Crippen LogP contribution in [0.15, 0.2) is 47.4 Å². The van der Waals surface area contributed by atoms with Crippen LogP contribution in [0.25, 0.3) is 0 Å². The third kappa shape index (κ3) is 3.12. The van der Waals surface area contributed by atoms with Crippen molar-refractivity contribution in [2.45, 2.75) is 13.8 Å². The molecule has 2 aromatic heterocycles. The minimum atomic E-state index is -0.534. The zero-order chi connectivity index (χ0) is 21.6. The Balaban J connectivity index is 1.70. The SMILES string of the molecule is Cc1cc(C)n(C)c(=O)c1C(=O)Nc1ccc2c(c1)C(=O)N(C)c1cccnc1O2. The molecule has 8 nitrogen and oxygen atoms in total. The monoisotopic (exact) mass is 404 g/mol. The van der Waals surface area contributed by atoms with Crippen molar-refractivity contribution in [1.29, 1.82) is 0 Å². The fourth-order valence-electron chi connectivity index (χ4n) is 3.42. The number of hydrogen-bond donors (Lipinski definition) is 1. The van der Waals surface area contributed by atoms with Gasteiger partial charge in [0, 0.05) is 31.7 Å². The van der Waals surface area contributed by atoms with Crippen molar-refractivity contribution in [2.75, 3.05) is 17.3 Å². The minimum absolute atomic E-state index is 0.0642. The largest absolute Gasteiger partial charge is 0.436 e. The first-order valence-corrected chi connectivity index (χ1v) is 9.31. The Morgan fingerprint density at radius 2 is 1.87 bits per heavy atom. The average molecular weight is 404 g/mol. The number of fused-ring (bicyclic) bond motifs is 2. The molecule has 0 spiro atoms. The second kappa shape index (κ2) is 7.14. The predicted octanol–water partition coefficient (Wildman–Crippen LogP) is 3.03. The first kappa shape index (κ1) is 19.4. The molecule has 0 radical (unpaired) electrons. The van der Waals surface area contributed by atoms with E-state index in [0.717, 1.165) is 5.69 Å². The normalized spacial score (nSPS) is 12.5. The molecule has 1 aromatic carbocycles. The van der Waals surface area contributed by atoms with E-state index in [0.29, 0.717) is 28.6 Å². The molecule has 152 valence electrons. The van der Waals surface area contributed by atoms with Crippen molar-refractivity contribution >= 4 is 23.2 Å². The van der Waals surface area contributed by atoms with Crippen LogP contribution in [-0.4, -0.2) is 28.4 Å². The van der Waals surface area contributed by atoms with Crippen LogP contribution in [0.2, 0.25) is 0 Å². The summed E-state index contributed by atoms with van der Waals surface area (Å²) < 4.78 is 7.24. The first-order valence-electron chi connectivity index (χ1n) is 9.31. The summed E-state index contributed by atoms with van der Waals surface area (Å²) in [5.41, 5.74) is 2.24. The van der Waals surface area contributed by atoms with E-state index in [1.165, 1.54) is 15.5 Å². The smallest absolute Gasteiger partial charge is 0.263 e. The lowest BCUT2D eigenvalue weighted by atomic mass is 10.1. The van der Waals surface area contributed by atoms with Gasteiger partial charge in [-0.3, -0.25) is 14.4 Å². The molecule has 1 N–H and O–H groups in total. The van der Waals surface area contributed by atoms with Crippen molar-refractivity contribution < 1.29 is 14.3 Å². The van der Waals surface area contributed by atoms with Crippen LogP contribution in [-0.2, 0) is 7.05 Å². The number of carbonyl (C=O) groups excluding carboxylic acids is 2. The Morgan fingerprint density at radius 1 is 1.10 bits per heavy atom. The summed E-state index contributed by atoms with van der Waals surface area (Å²) in [7, 11) is 3.25. The van der Waals surface area contributed by atoms with Crippen molar-refractivity contribution in [3.05, 3.63) is 75.3 Å². The van der Waals surface area contributed by atoms with Gasteiger partial charge in [-0.05, 0) is 55.8 Å². The highest BCUT2D eigenvalue weighted by Gasteiger charge is 2.27. The molecular weight excluding hydrogens is 384 g/mol. The van der Waals surface area contributed by atoms with Gasteiger partial charge in [-0.15, -0.1) is 0 Å². The highest BCUT2D eigenvalue weighted by atomic mass is 16.5. The maximum atomic E-state index is 12.9. The lowest BCUT2D eigenvalue weighted by Gasteiger charge is -2.15. The maximum absolute atomic E-state index is 12.9. The number of ether oxygens (including phenoxy) is 1. The van der Waals surface area contributed by atoms with Crippen LogP contribution in [0.3, 0.4) is 0 Å². The van der Waals surface area contributed by atoms with Gasteiger partial charge in [0.05, 0.1) is 5.56 Å². The fraction of sp³-hybridized carbons (Fsp3) is 0.182. The Kier molecular flexibility index (Phi) is 4.62. The number of pyridine rings is 2. The molecule has 0 aliphatic carbocycles. The van der Waals surface area contributed by atoms with Gasteiger partial charge in [-0.25, -0.2) is 4.98 Å². The number of nitrogens with zero attached hydrogens (tertiary/aromatic N) is 3. The molecule has 4 rings (SSSR count). The van der Waals surface area contributed by atoms with E-state index in [2.05, 4.69) is 10.3 Å². The van der Waals surface area contributed by atoms with Crippen LogP contribution >= 0.6 is 0 Å². The number of amides is 2. The van der Waals surface area contributed by atoms with E-state index >= 15 is 0 Å². The van der Waals surface area contributed by atoms with Crippen molar-refractivity contribution in [3.63, 3.8) is 0 Å². The standard InChI is InChI=1S/C22H20N4O4/c1-12-10-13(2)25(3)22(29)18(12)19(27)24-14-7-8-17-15(11-14)21(28)26(4)16-6-5-9-23-20(16)30-17/h5-11H,1-4H3,(H,24,27). The second-order valence-electron chi connectivity index (χ2n) is 7.17. The minimum Gasteiger partial charge on any atom is -0.436 e. The lowest BCUT2D eigenvalue weighted by molar-refractivity contribution is 0.0989. The number of aromatic nitrogens is 2. The maximum Gasteiger partial charge on any atom is 0.263 e. The van der Waals surface area contributed by atoms with Crippen LogP contribution in [0.5, 0.6) is 11.6 Å². The van der Waals surface area contributed by atoms with Gasteiger partial charge in [0.15, 0.2) is 0 Å². The van der Waals surface area contributed by atoms with Gasteiger partial charge < -0.3 is 19.5 Å². The Bertz CT molecular complexity index is 1260. The van der Waals surface area contributed by atoms with Crippen molar-refractivity contribution in [1.82, 2.24) is 9.55 Å². The molecule has 0 atom stereocenters. The third-order valence-corrected chi connectivity index (χ3v) is 5.19. The third-order valence-electron chi connectivity index (χ3n) is 5.19. The van der Waals surface area contributed by atoms with Crippen LogP contribution in [0, 0.1) is 13.8 Å². The van der Waals surface area contributed by atoms with Gasteiger partial charge >= 0.3 is 0 Å². The van der Waals surface area contributed by atoms with Gasteiger partial charge in [-0.2, -0.15) is 0 Å². The van der Waals surface area contributed by atoms with E-state index in [-0.39, 0.29) is 22.6 Å². The molecule has 3 aromatic rings. The summed E-state index contributed by atoms with van der Waals surface area (Å²) in [6, 6.07) is 9.99. The Labute approximate surface area is 172 Å². The van der Waals surface area contributed by atoms with Gasteiger partial charge in [0.1, 0.15) is 17.0 Å². The molecule has 0 fully saturated rings. The van der Waals surface area contributed by atoms with Crippen molar-refractivity contribution in [3.8, 4) is 11.6 Å². The highest BCUT2D eigenvalue weighted by Crippen LogP contribution is 2.37. The van der Waals surface area contributed by atoms with E-state index < -0.39 is 5.91 Å². The average Bonchev–Trinajstić information content (AvgIpc) is 2.82. The highest BCUT2D eigenvalue weighted by molar-refractivity contribution is 6.11. The molecule has 1 aliphatic rings. The van der Waals surface area contributed by atoms with Gasteiger partial charge in [0.2, 0.25) is 5.88 Å². The fourth-order valence-corrected chi connectivity index (χ4v) is 3.42. The molecule has 30 heavy (non-hydrogen) atoms. The lowest BCUT2D eigenvalue weighted by Crippen LogP contribution is -2.30. The van der Waals surface area contributed by atoms with Crippen LogP contribution in [0.1, 0.15) is 32.0 Å². The summed E-state index contributed by atoms with van der Waals surface area (Å²) in [5.74, 6) is -0.170. The topological polar surface area (TPSA) is 93.5 Å². The molecule has 3 heterocycles. The van der Waals surface area contributed by atoms with Gasteiger partial charge in [-0.1, -0.05) is 0 Å². The summed E-state index contributed by atoms with van der Waals surface area (Å²) in [6.45, 7) is 3.52. The molecule has 0 saturated heterocycles. The molecular formula is C22H20N4O4. The Morgan fingerprint density at radius 3 is 2.63 bits per heavy atom. The number of benzene rings is 1. The van der Waals surface area contributed by atoms with Crippen LogP contribution < -0.4 is 20.5 Å². The summed E-state index contributed by atoms with van der Waals surface area (Å²) in [5, 5.41) is 2.72. The van der Waals surface area contributed by atoms with E-state index in [1.54, 1.807) is 64.5 Å². The second-order valence-corrected chi connectivity index (χ2v) is 7.17. The predicted molar refractivity (Wildman–Crippen MR) is 113 cm³/mol. The van der Waals surface area contributed by atoms with Gasteiger partial charge in [0.25, 0.3) is 17.4 Å². The number of hydrogen-bond acceptors (Lipinski definition) is 5. The zero-order valence-electron chi connectivity index (χ0n) is 17.0. The van der Waals surface area contributed by atoms with E-state index in [4.69, 9.17) is 4.74 Å². The molecule has 2 amide bonds. The number of carbonyl (C=O) groups is 2. The molecule has 0 bridgehead atoms. The first-order chi connectivity index (χ1) is 14.3. The summed E-state index contributed by atoms with van der Waals surface area (Å²) in [6.07, 6.45) is 1.58. The molecule has 8 heteroatoms. The number of nitrogens with one attached hydrogen (secondary N) is 1. The summed E-state index contributed by atoms with van der Waals surface area (Å²) in [4.78, 5) is 44.0. The van der Waals surface area contributed by atoms with Crippen LogP contribution in [0.4, 0.5) is 11.4 Å². The number of rotatable bonds is 2. The zero-order valence-corrected chi connectivity index (χ0v) is 17.0. The molecule has 0 unspecified atom stereocenters. The number of anilines is 2. The molecule has 1 aliphatic heterocycles. The summed E-state index contributed by atoms with van der Waals surface area (Å²) >= 11 is 0. The quantitative estimate of drug-likeness (QED) is 0.709. The van der Waals surface area contributed by atoms with Crippen molar-refractivity contribution in [2.24, 2.45) is 7.05 Å².